The Kier molecular flexibility index (Phi) is 2.74. The molecular weight excluding hydrogens is 162 g/mol. The first-order valence-electron chi connectivity index (χ1n) is 2.91. The lowest BCUT2D eigenvalue weighted by Gasteiger charge is -1.97. The van der Waals surface area contributed by atoms with Crippen LogP contribution in [0.2, 0.25) is 0 Å². The van der Waals surface area contributed by atoms with E-state index in [2.05, 4.69) is 9.71 Å². The first-order chi connectivity index (χ1) is 5.29. The van der Waals surface area contributed by atoms with Gasteiger partial charge in [0.25, 0.3) is 0 Å². The largest absolute Gasteiger partial charge is 0.351 e. The highest BCUT2D eigenvalue weighted by molar-refractivity contribution is 7.98. The van der Waals surface area contributed by atoms with Gasteiger partial charge in [-0.05, 0) is 24.1 Å². The van der Waals surface area contributed by atoms with E-state index in [0.29, 0.717) is 0 Å². The predicted molar refractivity (Wildman–Crippen MR) is 42.8 cm³/mol. The molecule has 5 heteroatoms. The van der Waals surface area contributed by atoms with Crippen molar-refractivity contribution in [1.82, 2.24) is 9.71 Å². The van der Waals surface area contributed by atoms with Crippen molar-refractivity contribution in [1.29, 1.82) is 0 Å². The number of carbonyl (C=O) groups excluding carboxylic acids is 1. The van der Waals surface area contributed by atoms with Crippen LogP contribution in [0.4, 0.5) is 4.79 Å². The quantitative estimate of drug-likeness (QED) is 0.642. The van der Waals surface area contributed by atoms with E-state index in [1.807, 2.05) is 6.07 Å². The summed E-state index contributed by atoms with van der Waals surface area (Å²) in [6.07, 6.45) is 3.30. The number of aromatic nitrogens is 1. The zero-order valence-corrected chi connectivity index (χ0v) is 6.47. The van der Waals surface area contributed by atoms with E-state index in [1.165, 1.54) is 0 Å². The fraction of sp³-hybridized carbons (Fsp3) is 0. The van der Waals surface area contributed by atoms with E-state index in [1.54, 1.807) is 18.5 Å². The van der Waals surface area contributed by atoms with Gasteiger partial charge in [-0.3, -0.25) is 9.71 Å². The zero-order valence-electron chi connectivity index (χ0n) is 5.65. The standard InChI is InChI=1S/C6H7N3OS/c7-6(10)9-11-5-2-1-3-8-4-5/h1-4H,(H3,7,9,10). The number of nitrogens with one attached hydrogen (secondary N) is 1. The number of hydrogen-bond donors (Lipinski definition) is 2. The lowest BCUT2D eigenvalue weighted by Crippen LogP contribution is -2.22. The Bertz CT molecular complexity index is 239. The molecule has 11 heavy (non-hydrogen) atoms. The Morgan fingerprint density at radius 1 is 1.73 bits per heavy atom. The highest BCUT2D eigenvalue weighted by Gasteiger charge is 1.93. The zero-order chi connectivity index (χ0) is 8.10. The maximum Gasteiger partial charge on any atom is 0.322 e. The van der Waals surface area contributed by atoms with Crippen LogP contribution in [0.15, 0.2) is 29.4 Å². The van der Waals surface area contributed by atoms with Crippen molar-refractivity contribution >= 4 is 18.0 Å². The molecule has 0 atom stereocenters. The average Bonchev–Trinajstić information content (AvgIpc) is 2.03. The summed E-state index contributed by atoms with van der Waals surface area (Å²) in [6.45, 7) is 0. The van der Waals surface area contributed by atoms with Crippen molar-refractivity contribution in [2.45, 2.75) is 4.90 Å². The minimum absolute atomic E-state index is 0.557. The first kappa shape index (κ1) is 7.87. The van der Waals surface area contributed by atoms with Crippen LogP contribution in [0.5, 0.6) is 0 Å². The molecule has 0 aliphatic rings. The fourth-order valence-electron chi connectivity index (χ4n) is 0.517. The second-order valence-corrected chi connectivity index (χ2v) is 2.64. The Morgan fingerprint density at radius 2 is 2.55 bits per heavy atom. The lowest BCUT2D eigenvalue weighted by atomic mass is 10.5. The number of urea groups is 1. The molecule has 1 aromatic rings. The second kappa shape index (κ2) is 3.82. The van der Waals surface area contributed by atoms with Gasteiger partial charge in [-0.15, -0.1) is 0 Å². The van der Waals surface area contributed by atoms with E-state index < -0.39 is 6.03 Å². The number of hydrogen-bond acceptors (Lipinski definition) is 3. The Morgan fingerprint density at radius 3 is 3.09 bits per heavy atom. The van der Waals surface area contributed by atoms with Crippen LogP contribution in [-0.4, -0.2) is 11.0 Å². The van der Waals surface area contributed by atoms with Crippen LogP contribution >= 0.6 is 11.9 Å². The molecule has 2 amide bonds. The van der Waals surface area contributed by atoms with E-state index in [-0.39, 0.29) is 0 Å². The van der Waals surface area contributed by atoms with Crippen LogP contribution < -0.4 is 10.5 Å². The Hall–Kier alpha value is -1.23. The van der Waals surface area contributed by atoms with Crippen LogP contribution in [-0.2, 0) is 0 Å². The highest BCUT2D eigenvalue weighted by Crippen LogP contribution is 2.10. The summed E-state index contributed by atoms with van der Waals surface area (Å²) >= 11 is 1.14. The summed E-state index contributed by atoms with van der Waals surface area (Å²) in [5.74, 6) is 0. The maximum atomic E-state index is 10.2. The molecule has 0 radical (unpaired) electrons. The molecule has 0 bridgehead atoms. The van der Waals surface area contributed by atoms with E-state index in [9.17, 15) is 4.79 Å². The van der Waals surface area contributed by atoms with Crippen molar-refractivity contribution in [2.24, 2.45) is 5.73 Å². The molecule has 1 aromatic heterocycles. The number of pyridine rings is 1. The summed E-state index contributed by atoms with van der Waals surface area (Å²) in [6, 6.07) is 3.05. The van der Waals surface area contributed by atoms with Crippen molar-refractivity contribution in [3.05, 3.63) is 24.5 Å². The summed E-state index contributed by atoms with van der Waals surface area (Å²) in [5.41, 5.74) is 4.85. The number of nitrogens with two attached hydrogens (primary N) is 1. The SMILES string of the molecule is NC(=O)NSc1cccnc1. The Labute approximate surface area is 68.3 Å². The van der Waals surface area contributed by atoms with Gasteiger partial charge < -0.3 is 5.73 Å². The molecule has 0 spiro atoms. The predicted octanol–water partition coefficient (Wildman–Crippen LogP) is 0.757. The number of carbonyl (C=O) groups is 1. The molecule has 0 aromatic carbocycles. The van der Waals surface area contributed by atoms with Crippen LogP contribution in [0.25, 0.3) is 0 Å². The topological polar surface area (TPSA) is 68.0 Å². The van der Waals surface area contributed by atoms with Gasteiger partial charge in [0.1, 0.15) is 0 Å². The third-order valence-corrected chi connectivity index (χ3v) is 1.68. The van der Waals surface area contributed by atoms with Gasteiger partial charge in [-0.2, -0.15) is 0 Å². The molecule has 1 rings (SSSR count). The number of nitrogens with zero attached hydrogens (tertiary/aromatic N) is 1. The van der Waals surface area contributed by atoms with Gasteiger partial charge in [-0.25, -0.2) is 4.79 Å². The third-order valence-electron chi connectivity index (χ3n) is 0.904. The van der Waals surface area contributed by atoms with Crippen molar-refractivity contribution < 1.29 is 4.79 Å². The van der Waals surface area contributed by atoms with Gasteiger partial charge in [0, 0.05) is 17.3 Å². The highest BCUT2D eigenvalue weighted by atomic mass is 32.2. The van der Waals surface area contributed by atoms with Crippen molar-refractivity contribution in [3.8, 4) is 0 Å². The van der Waals surface area contributed by atoms with Crippen LogP contribution in [0, 0.1) is 0 Å². The van der Waals surface area contributed by atoms with Gasteiger partial charge in [0.15, 0.2) is 0 Å². The molecular formula is C6H7N3OS. The maximum absolute atomic E-state index is 10.2. The van der Waals surface area contributed by atoms with Gasteiger partial charge >= 0.3 is 6.03 Å². The molecule has 0 unspecified atom stereocenters. The van der Waals surface area contributed by atoms with Crippen LogP contribution in [0.1, 0.15) is 0 Å². The summed E-state index contributed by atoms with van der Waals surface area (Å²) in [7, 11) is 0. The van der Waals surface area contributed by atoms with Gasteiger partial charge in [0.05, 0.1) is 0 Å². The average molecular weight is 169 g/mol. The van der Waals surface area contributed by atoms with E-state index in [4.69, 9.17) is 5.73 Å². The third kappa shape index (κ3) is 2.90. The number of primary amides is 1. The van der Waals surface area contributed by atoms with Crippen LogP contribution in [0.3, 0.4) is 0 Å². The smallest absolute Gasteiger partial charge is 0.322 e. The second-order valence-electron chi connectivity index (χ2n) is 1.76. The molecule has 1 heterocycles. The molecule has 0 aliphatic carbocycles. The molecule has 0 saturated carbocycles. The normalized spacial score (nSPS) is 9.09. The summed E-state index contributed by atoms with van der Waals surface area (Å²) in [4.78, 5) is 14.9. The fourth-order valence-corrected chi connectivity index (χ4v) is 0.995. The molecule has 0 aliphatic heterocycles. The Balaban J connectivity index is 2.45. The van der Waals surface area contributed by atoms with Crippen molar-refractivity contribution in [2.75, 3.05) is 0 Å². The first-order valence-corrected chi connectivity index (χ1v) is 3.73. The minimum Gasteiger partial charge on any atom is -0.351 e. The van der Waals surface area contributed by atoms with E-state index >= 15 is 0 Å². The van der Waals surface area contributed by atoms with E-state index in [0.717, 1.165) is 16.8 Å². The molecule has 0 fully saturated rings. The van der Waals surface area contributed by atoms with Crippen molar-refractivity contribution in [3.63, 3.8) is 0 Å². The minimum atomic E-state index is -0.557. The molecule has 3 N–H and O–H groups in total. The monoisotopic (exact) mass is 169 g/mol. The van der Waals surface area contributed by atoms with Gasteiger partial charge in [0.2, 0.25) is 0 Å². The summed E-state index contributed by atoms with van der Waals surface area (Å²) < 4.78 is 2.38. The van der Waals surface area contributed by atoms with Gasteiger partial charge in [-0.1, -0.05) is 0 Å². The molecule has 58 valence electrons. The lowest BCUT2D eigenvalue weighted by molar-refractivity contribution is 0.254. The number of rotatable bonds is 2. The number of amides is 2. The molecule has 0 saturated heterocycles. The summed E-state index contributed by atoms with van der Waals surface area (Å²) in [5, 5.41) is 0. The molecule has 4 nitrogen and oxygen atoms in total.